The SMILES string of the molecule is CCCN1C(=O)c2cc(S(=O)(=O)N3CCCC3)ccc2Oc2cccnc21. The number of nitrogens with zero attached hydrogens (tertiary/aromatic N) is 3. The Labute approximate surface area is 158 Å². The van der Waals surface area contributed by atoms with Crippen LogP contribution < -0.4 is 9.64 Å². The molecule has 1 saturated heterocycles. The van der Waals surface area contributed by atoms with Crippen LogP contribution in [0.2, 0.25) is 0 Å². The lowest BCUT2D eigenvalue weighted by Crippen LogP contribution is -2.32. The molecule has 0 atom stereocenters. The van der Waals surface area contributed by atoms with Gasteiger partial charge in [0.15, 0.2) is 11.6 Å². The van der Waals surface area contributed by atoms with Gasteiger partial charge in [-0.1, -0.05) is 6.92 Å². The average molecular weight is 387 g/mol. The minimum Gasteiger partial charge on any atom is -0.453 e. The number of benzene rings is 1. The fourth-order valence-corrected chi connectivity index (χ4v) is 5.00. The molecule has 1 amide bonds. The van der Waals surface area contributed by atoms with E-state index in [1.165, 1.54) is 16.4 Å². The molecule has 4 rings (SSSR count). The summed E-state index contributed by atoms with van der Waals surface area (Å²) >= 11 is 0. The van der Waals surface area contributed by atoms with E-state index in [-0.39, 0.29) is 16.4 Å². The second-order valence-electron chi connectivity index (χ2n) is 6.65. The van der Waals surface area contributed by atoms with Gasteiger partial charge in [0.25, 0.3) is 5.91 Å². The summed E-state index contributed by atoms with van der Waals surface area (Å²) in [5.74, 6) is 0.966. The Morgan fingerprint density at radius 3 is 2.67 bits per heavy atom. The van der Waals surface area contributed by atoms with Crippen molar-refractivity contribution in [1.82, 2.24) is 9.29 Å². The third kappa shape index (κ3) is 3.08. The molecule has 0 bridgehead atoms. The van der Waals surface area contributed by atoms with Gasteiger partial charge in [-0.25, -0.2) is 13.4 Å². The summed E-state index contributed by atoms with van der Waals surface area (Å²) in [5, 5.41) is 0. The summed E-state index contributed by atoms with van der Waals surface area (Å²) in [6, 6.07) is 7.99. The Hall–Kier alpha value is -2.45. The van der Waals surface area contributed by atoms with Gasteiger partial charge in [-0.3, -0.25) is 9.69 Å². The number of carbonyl (C=O) groups excluding carboxylic acids is 1. The summed E-state index contributed by atoms with van der Waals surface area (Å²) < 4.78 is 33.2. The lowest BCUT2D eigenvalue weighted by Gasteiger charge is -2.20. The molecular formula is C19H21N3O4S. The molecule has 0 saturated carbocycles. The highest BCUT2D eigenvalue weighted by Gasteiger charge is 2.32. The van der Waals surface area contributed by atoms with Crippen molar-refractivity contribution in [1.29, 1.82) is 0 Å². The molecule has 1 aromatic heterocycles. The Morgan fingerprint density at radius 1 is 1.15 bits per heavy atom. The first-order valence-electron chi connectivity index (χ1n) is 9.11. The lowest BCUT2D eigenvalue weighted by molar-refractivity contribution is 0.0986. The van der Waals surface area contributed by atoms with Gasteiger partial charge in [-0.15, -0.1) is 0 Å². The van der Waals surface area contributed by atoms with Crippen LogP contribution in [0.15, 0.2) is 41.4 Å². The molecular weight excluding hydrogens is 366 g/mol. The number of aromatic nitrogens is 1. The van der Waals surface area contributed by atoms with Gasteiger partial charge >= 0.3 is 0 Å². The van der Waals surface area contributed by atoms with E-state index < -0.39 is 10.0 Å². The number of ether oxygens (including phenoxy) is 1. The normalized spacial score (nSPS) is 17.2. The van der Waals surface area contributed by atoms with Crippen molar-refractivity contribution < 1.29 is 17.9 Å². The third-order valence-electron chi connectivity index (χ3n) is 4.80. The number of hydrogen-bond donors (Lipinski definition) is 0. The van der Waals surface area contributed by atoms with E-state index >= 15 is 0 Å². The minimum atomic E-state index is -3.61. The molecule has 3 heterocycles. The zero-order chi connectivity index (χ0) is 19.0. The zero-order valence-electron chi connectivity index (χ0n) is 15.1. The summed E-state index contributed by atoms with van der Waals surface area (Å²) in [7, 11) is -3.61. The zero-order valence-corrected chi connectivity index (χ0v) is 15.9. The van der Waals surface area contributed by atoms with Gasteiger partial charge < -0.3 is 4.74 Å². The molecule has 8 heteroatoms. The van der Waals surface area contributed by atoms with Gasteiger partial charge in [0.2, 0.25) is 10.0 Å². The van der Waals surface area contributed by atoms with Gasteiger partial charge in [0.05, 0.1) is 10.5 Å². The molecule has 0 radical (unpaired) electrons. The summed E-state index contributed by atoms with van der Waals surface area (Å²) in [6.07, 6.45) is 4.06. The fourth-order valence-electron chi connectivity index (χ4n) is 3.46. The molecule has 0 N–H and O–H groups in total. The van der Waals surface area contributed by atoms with Crippen molar-refractivity contribution in [2.24, 2.45) is 0 Å². The highest BCUT2D eigenvalue weighted by atomic mass is 32.2. The van der Waals surface area contributed by atoms with E-state index in [1.54, 1.807) is 29.3 Å². The number of sulfonamides is 1. The molecule has 0 unspecified atom stereocenters. The number of rotatable bonds is 4. The Bertz CT molecular complexity index is 984. The molecule has 142 valence electrons. The van der Waals surface area contributed by atoms with Crippen LogP contribution >= 0.6 is 0 Å². The summed E-state index contributed by atoms with van der Waals surface area (Å²) in [5.41, 5.74) is 0.238. The Balaban J connectivity index is 1.81. The first kappa shape index (κ1) is 17.9. The van der Waals surface area contributed by atoms with E-state index in [0.29, 0.717) is 37.0 Å². The molecule has 1 fully saturated rings. The molecule has 27 heavy (non-hydrogen) atoms. The van der Waals surface area contributed by atoms with E-state index in [1.807, 2.05) is 6.92 Å². The summed E-state index contributed by atoms with van der Waals surface area (Å²) in [6.45, 7) is 3.47. The van der Waals surface area contributed by atoms with Gasteiger partial charge in [0.1, 0.15) is 5.75 Å². The lowest BCUT2D eigenvalue weighted by atomic mass is 10.1. The maximum Gasteiger partial charge on any atom is 0.263 e. The molecule has 2 aliphatic heterocycles. The van der Waals surface area contributed by atoms with Crippen LogP contribution in [0.1, 0.15) is 36.5 Å². The van der Waals surface area contributed by atoms with Crippen LogP contribution in [0, 0.1) is 0 Å². The van der Waals surface area contributed by atoms with Crippen molar-refractivity contribution in [3.8, 4) is 11.5 Å². The molecule has 0 spiro atoms. The summed E-state index contributed by atoms with van der Waals surface area (Å²) in [4.78, 5) is 19.2. The number of amides is 1. The largest absolute Gasteiger partial charge is 0.453 e. The molecule has 1 aromatic carbocycles. The predicted molar refractivity (Wildman–Crippen MR) is 101 cm³/mol. The second-order valence-corrected chi connectivity index (χ2v) is 8.59. The molecule has 7 nitrogen and oxygen atoms in total. The van der Waals surface area contributed by atoms with Crippen molar-refractivity contribution >= 4 is 21.7 Å². The fraction of sp³-hybridized carbons (Fsp3) is 0.368. The Morgan fingerprint density at radius 2 is 1.93 bits per heavy atom. The minimum absolute atomic E-state index is 0.121. The van der Waals surface area contributed by atoms with Gasteiger partial charge in [-0.2, -0.15) is 4.31 Å². The number of fused-ring (bicyclic) bond motifs is 2. The average Bonchev–Trinajstić information content (AvgIpc) is 3.19. The topological polar surface area (TPSA) is 79.8 Å². The first-order valence-corrected chi connectivity index (χ1v) is 10.6. The quantitative estimate of drug-likeness (QED) is 0.806. The standard InChI is InChI=1S/C19H21N3O4S/c1-2-10-22-18-17(6-5-9-20-18)26-16-8-7-14(13-15(16)19(22)23)27(24,25)21-11-3-4-12-21/h5-9,13H,2-4,10-12H2,1H3. The van der Waals surface area contributed by atoms with Crippen LogP contribution in [0.3, 0.4) is 0 Å². The van der Waals surface area contributed by atoms with Crippen molar-refractivity contribution in [2.75, 3.05) is 24.5 Å². The van der Waals surface area contributed by atoms with Gasteiger partial charge in [0, 0.05) is 25.8 Å². The smallest absolute Gasteiger partial charge is 0.263 e. The van der Waals surface area contributed by atoms with E-state index in [2.05, 4.69) is 4.98 Å². The highest BCUT2D eigenvalue weighted by Crippen LogP contribution is 2.38. The van der Waals surface area contributed by atoms with Crippen molar-refractivity contribution in [2.45, 2.75) is 31.1 Å². The van der Waals surface area contributed by atoms with Crippen molar-refractivity contribution in [3.05, 3.63) is 42.1 Å². The predicted octanol–water partition coefficient (Wildman–Crippen LogP) is 3.03. The molecule has 2 aromatic rings. The molecule has 0 aliphatic carbocycles. The molecule has 2 aliphatic rings. The number of carbonyl (C=O) groups is 1. The van der Waals surface area contributed by atoms with Crippen LogP contribution in [-0.4, -0.2) is 43.2 Å². The maximum atomic E-state index is 13.2. The van der Waals surface area contributed by atoms with E-state index in [0.717, 1.165) is 19.3 Å². The van der Waals surface area contributed by atoms with Crippen LogP contribution in [0.25, 0.3) is 0 Å². The monoisotopic (exact) mass is 387 g/mol. The third-order valence-corrected chi connectivity index (χ3v) is 6.70. The Kier molecular flexibility index (Phi) is 4.61. The van der Waals surface area contributed by atoms with Crippen LogP contribution in [0.5, 0.6) is 11.5 Å². The van der Waals surface area contributed by atoms with E-state index in [9.17, 15) is 13.2 Å². The number of pyridine rings is 1. The second kappa shape index (κ2) is 6.94. The number of anilines is 1. The van der Waals surface area contributed by atoms with Crippen LogP contribution in [0.4, 0.5) is 5.82 Å². The first-order chi connectivity index (χ1) is 13.0. The maximum absolute atomic E-state index is 13.2. The van der Waals surface area contributed by atoms with Crippen molar-refractivity contribution in [3.63, 3.8) is 0 Å². The van der Waals surface area contributed by atoms with E-state index in [4.69, 9.17) is 4.74 Å². The van der Waals surface area contributed by atoms with Crippen LogP contribution in [-0.2, 0) is 10.0 Å². The van der Waals surface area contributed by atoms with Gasteiger partial charge in [-0.05, 0) is 49.6 Å². The highest BCUT2D eigenvalue weighted by molar-refractivity contribution is 7.89. The number of hydrogen-bond acceptors (Lipinski definition) is 5.